The molecular formula is C22H30N2O4S. The largest absolute Gasteiger partial charge is 0.481 e. The molecule has 0 aliphatic heterocycles. The van der Waals surface area contributed by atoms with Crippen LogP contribution in [0.1, 0.15) is 43.0 Å². The molecule has 2 aromatic carbocycles. The molecule has 158 valence electrons. The third-order valence-corrected chi connectivity index (χ3v) is 6.11. The monoisotopic (exact) mass is 418 g/mol. The highest BCUT2D eigenvalue weighted by Gasteiger charge is 2.20. The lowest BCUT2D eigenvalue weighted by Gasteiger charge is -2.23. The van der Waals surface area contributed by atoms with E-state index < -0.39 is 16.1 Å². The number of sulfonamides is 1. The topological polar surface area (TPSA) is 75.7 Å². The van der Waals surface area contributed by atoms with Crippen LogP contribution in [0.15, 0.2) is 42.5 Å². The lowest BCUT2D eigenvalue weighted by atomic mass is 9.97. The number of rotatable bonds is 8. The van der Waals surface area contributed by atoms with Gasteiger partial charge in [0.15, 0.2) is 6.10 Å². The molecule has 0 saturated heterocycles. The maximum Gasteiger partial charge on any atom is 0.261 e. The molecular weight excluding hydrogens is 388 g/mol. The molecule has 0 saturated carbocycles. The van der Waals surface area contributed by atoms with E-state index in [0.717, 1.165) is 23.8 Å². The molecule has 0 bridgehead atoms. The normalized spacial score (nSPS) is 13.4. The van der Waals surface area contributed by atoms with Crippen molar-refractivity contribution in [3.8, 4) is 5.75 Å². The van der Waals surface area contributed by atoms with E-state index in [1.54, 1.807) is 31.2 Å². The quantitative estimate of drug-likeness (QED) is 0.709. The van der Waals surface area contributed by atoms with Crippen molar-refractivity contribution in [1.82, 2.24) is 5.32 Å². The van der Waals surface area contributed by atoms with Crippen molar-refractivity contribution in [2.75, 3.05) is 17.6 Å². The van der Waals surface area contributed by atoms with Crippen molar-refractivity contribution in [3.63, 3.8) is 0 Å². The van der Waals surface area contributed by atoms with Crippen molar-refractivity contribution in [1.29, 1.82) is 0 Å². The number of carbonyl (C=O) groups excluding carboxylic acids is 1. The van der Waals surface area contributed by atoms with Gasteiger partial charge in [0.2, 0.25) is 10.0 Å². The Bertz CT molecular complexity index is 955. The number of benzene rings is 2. The summed E-state index contributed by atoms with van der Waals surface area (Å²) in [5.41, 5.74) is 3.97. The Morgan fingerprint density at radius 1 is 1.14 bits per heavy atom. The predicted molar refractivity (Wildman–Crippen MR) is 117 cm³/mol. The summed E-state index contributed by atoms with van der Waals surface area (Å²) in [7, 11) is -1.84. The summed E-state index contributed by atoms with van der Waals surface area (Å²) in [4.78, 5) is 12.7. The van der Waals surface area contributed by atoms with Crippen LogP contribution in [0.2, 0.25) is 0 Å². The first-order valence-electron chi connectivity index (χ1n) is 9.61. The van der Waals surface area contributed by atoms with Gasteiger partial charge in [-0.25, -0.2) is 8.42 Å². The van der Waals surface area contributed by atoms with Gasteiger partial charge in [-0.3, -0.25) is 9.10 Å². The van der Waals surface area contributed by atoms with Gasteiger partial charge in [0.25, 0.3) is 5.91 Å². The second kappa shape index (κ2) is 9.31. The van der Waals surface area contributed by atoms with E-state index in [0.29, 0.717) is 11.4 Å². The second-order valence-corrected chi connectivity index (χ2v) is 9.33. The summed E-state index contributed by atoms with van der Waals surface area (Å²) in [5.74, 6) is 0.298. The first-order chi connectivity index (χ1) is 13.5. The van der Waals surface area contributed by atoms with Gasteiger partial charge in [-0.15, -0.1) is 0 Å². The molecule has 0 unspecified atom stereocenters. The molecule has 2 aromatic rings. The smallest absolute Gasteiger partial charge is 0.261 e. The molecule has 1 N–H and O–H groups in total. The van der Waals surface area contributed by atoms with Crippen LogP contribution in [0.5, 0.6) is 5.75 Å². The zero-order valence-corrected chi connectivity index (χ0v) is 18.7. The number of amides is 1. The van der Waals surface area contributed by atoms with Gasteiger partial charge in [0.05, 0.1) is 18.0 Å². The Labute approximate surface area is 173 Å². The maximum atomic E-state index is 12.7. The van der Waals surface area contributed by atoms with Crippen LogP contribution in [0.25, 0.3) is 0 Å². The Balaban J connectivity index is 2.04. The van der Waals surface area contributed by atoms with Crippen LogP contribution >= 0.6 is 0 Å². The highest BCUT2D eigenvalue weighted by Crippen LogP contribution is 2.23. The van der Waals surface area contributed by atoms with Crippen molar-refractivity contribution < 1.29 is 17.9 Å². The number of carbonyl (C=O) groups is 1. The standard InChI is InChI=1S/C22H30N2O4S/c1-7-21(20-13-8-15(2)14-16(20)3)23-22(25)17(4)28-19-11-9-18(10-12-19)24(5)29(6,26)27/h8-14,17,21H,7H2,1-6H3,(H,23,25)/t17-,21-/m1/s1. The number of hydrogen-bond acceptors (Lipinski definition) is 4. The van der Waals surface area contributed by atoms with Crippen LogP contribution in [0, 0.1) is 13.8 Å². The fourth-order valence-electron chi connectivity index (χ4n) is 3.09. The number of anilines is 1. The van der Waals surface area contributed by atoms with E-state index in [4.69, 9.17) is 4.74 Å². The number of nitrogens with zero attached hydrogens (tertiary/aromatic N) is 1. The van der Waals surface area contributed by atoms with Crippen LogP contribution < -0.4 is 14.4 Å². The van der Waals surface area contributed by atoms with Gasteiger partial charge in [-0.2, -0.15) is 0 Å². The molecule has 1 amide bonds. The molecule has 0 aliphatic rings. The first kappa shape index (κ1) is 22.7. The summed E-state index contributed by atoms with van der Waals surface area (Å²) >= 11 is 0. The van der Waals surface area contributed by atoms with Gasteiger partial charge < -0.3 is 10.1 Å². The summed E-state index contributed by atoms with van der Waals surface area (Å²) in [6.45, 7) is 7.82. The molecule has 2 rings (SSSR count). The van der Waals surface area contributed by atoms with Crippen molar-refractivity contribution in [3.05, 3.63) is 59.2 Å². The fraction of sp³-hybridized carbons (Fsp3) is 0.409. The number of ether oxygens (including phenoxy) is 1. The van der Waals surface area contributed by atoms with Crippen molar-refractivity contribution in [2.24, 2.45) is 0 Å². The molecule has 0 heterocycles. The maximum absolute atomic E-state index is 12.7. The summed E-state index contributed by atoms with van der Waals surface area (Å²) in [5, 5.41) is 3.06. The molecule has 0 aromatic heterocycles. The molecule has 0 aliphatic carbocycles. The molecule has 7 heteroatoms. The fourth-order valence-corrected chi connectivity index (χ4v) is 3.59. The molecule has 0 fully saturated rings. The molecule has 0 spiro atoms. The zero-order chi connectivity index (χ0) is 21.8. The van der Waals surface area contributed by atoms with E-state index >= 15 is 0 Å². The highest BCUT2D eigenvalue weighted by molar-refractivity contribution is 7.92. The van der Waals surface area contributed by atoms with Gasteiger partial charge in [-0.05, 0) is 62.6 Å². The minimum Gasteiger partial charge on any atom is -0.481 e. The molecule has 0 radical (unpaired) electrons. The average molecular weight is 419 g/mol. The third-order valence-electron chi connectivity index (χ3n) is 4.91. The Kier molecular flexibility index (Phi) is 7.30. The highest BCUT2D eigenvalue weighted by atomic mass is 32.2. The second-order valence-electron chi connectivity index (χ2n) is 7.31. The number of hydrogen-bond donors (Lipinski definition) is 1. The van der Waals surface area contributed by atoms with Gasteiger partial charge >= 0.3 is 0 Å². The predicted octanol–water partition coefficient (Wildman–Crippen LogP) is 3.73. The van der Waals surface area contributed by atoms with Gasteiger partial charge in [-0.1, -0.05) is 30.7 Å². The van der Waals surface area contributed by atoms with Crippen LogP contribution in [0.4, 0.5) is 5.69 Å². The minimum absolute atomic E-state index is 0.0834. The van der Waals surface area contributed by atoms with Crippen molar-refractivity contribution >= 4 is 21.6 Å². The number of aryl methyl sites for hydroxylation is 2. The summed E-state index contributed by atoms with van der Waals surface area (Å²) < 4.78 is 30.2. The van der Waals surface area contributed by atoms with Crippen LogP contribution in [-0.2, 0) is 14.8 Å². The summed E-state index contributed by atoms with van der Waals surface area (Å²) in [6.07, 6.45) is 1.23. The SMILES string of the molecule is CC[C@@H](NC(=O)[C@@H](C)Oc1ccc(N(C)S(C)(=O)=O)cc1)c1ccc(C)cc1C. The van der Waals surface area contributed by atoms with Crippen molar-refractivity contribution in [2.45, 2.75) is 46.3 Å². The molecule has 29 heavy (non-hydrogen) atoms. The van der Waals surface area contributed by atoms with Gasteiger partial charge in [0.1, 0.15) is 5.75 Å². The average Bonchev–Trinajstić information content (AvgIpc) is 2.65. The summed E-state index contributed by atoms with van der Waals surface area (Å²) in [6, 6.07) is 12.7. The Hall–Kier alpha value is -2.54. The first-order valence-corrected chi connectivity index (χ1v) is 11.5. The van der Waals surface area contributed by atoms with Crippen LogP contribution in [0.3, 0.4) is 0 Å². The lowest BCUT2D eigenvalue weighted by Crippen LogP contribution is -2.38. The third kappa shape index (κ3) is 5.97. The lowest BCUT2D eigenvalue weighted by molar-refractivity contribution is -0.128. The van der Waals surface area contributed by atoms with E-state index in [1.165, 1.54) is 16.9 Å². The molecule has 6 nitrogen and oxygen atoms in total. The molecule has 2 atom stereocenters. The van der Waals surface area contributed by atoms with E-state index in [1.807, 2.05) is 26.8 Å². The van der Waals surface area contributed by atoms with Gasteiger partial charge in [0, 0.05) is 7.05 Å². The van der Waals surface area contributed by atoms with E-state index in [9.17, 15) is 13.2 Å². The number of nitrogens with one attached hydrogen (secondary N) is 1. The minimum atomic E-state index is -3.33. The van der Waals surface area contributed by atoms with Crippen LogP contribution in [-0.4, -0.2) is 33.7 Å². The zero-order valence-electron chi connectivity index (χ0n) is 17.9. The van der Waals surface area contributed by atoms with E-state index in [-0.39, 0.29) is 11.9 Å². The Morgan fingerprint density at radius 2 is 1.76 bits per heavy atom. The van der Waals surface area contributed by atoms with E-state index in [2.05, 4.69) is 17.4 Å². The Morgan fingerprint density at radius 3 is 2.28 bits per heavy atom.